The Bertz CT molecular complexity index is 815. The number of aromatic nitrogens is 2. The molecule has 3 atom stereocenters. The summed E-state index contributed by atoms with van der Waals surface area (Å²) < 4.78 is 5.18. The number of rotatable bonds is 6. The fourth-order valence-electron chi connectivity index (χ4n) is 4.61. The molecule has 1 amide bonds. The Kier molecular flexibility index (Phi) is 5.43. The van der Waals surface area contributed by atoms with E-state index in [-0.39, 0.29) is 23.8 Å². The topological polar surface area (TPSA) is 93.4 Å². The van der Waals surface area contributed by atoms with Crippen LogP contribution in [0.4, 0.5) is 5.95 Å². The predicted molar refractivity (Wildman–Crippen MR) is 107 cm³/mol. The second kappa shape index (κ2) is 8.14. The van der Waals surface area contributed by atoms with Crippen LogP contribution in [0.3, 0.4) is 0 Å². The molecular formula is C21H27N5O2. The van der Waals surface area contributed by atoms with Gasteiger partial charge in [0.05, 0.1) is 7.11 Å². The smallest absolute Gasteiger partial charge is 0.258 e. The first-order valence-electron chi connectivity index (χ1n) is 9.91. The molecule has 2 bridgehead atoms. The summed E-state index contributed by atoms with van der Waals surface area (Å²) in [5.74, 6) is 0.116. The summed E-state index contributed by atoms with van der Waals surface area (Å²) in [7, 11) is 1.48. The Balaban J connectivity index is 1.36. The standard InChI is InChI=1S/C21H27N5O2/c1-28-20-18(13-23-21(22)25-20)19(27)24-15-11-16-7-8-17(12-15)26(16)10-9-14-5-3-2-4-6-14/h2-6,13,15-17H,7-12H2,1H3,(H,24,27)(H2,22,23,25)/t15?,16-,17+. The monoisotopic (exact) mass is 381 g/mol. The Morgan fingerprint density at radius 2 is 1.96 bits per heavy atom. The number of carbonyl (C=O) groups is 1. The van der Waals surface area contributed by atoms with Gasteiger partial charge in [-0.15, -0.1) is 0 Å². The first-order chi connectivity index (χ1) is 13.6. The first-order valence-corrected chi connectivity index (χ1v) is 9.91. The third kappa shape index (κ3) is 3.94. The molecule has 3 heterocycles. The second-order valence-electron chi connectivity index (χ2n) is 7.65. The molecule has 4 rings (SSSR count). The van der Waals surface area contributed by atoms with Gasteiger partial charge in [0.2, 0.25) is 11.8 Å². The van der Waals surface area contributed by atoms with E-state index < -0.39 is 0 Å². The lowest BCUT2D eigenvalue weighted by molar-refractivity contribution is 0.0844. The third-order valence-corrected chi connectivity index (χ3v) is 5.93. The fourth-order valence-corrected chi connectivity index (χ4v) is 4.61. The predicted octanol–water partition coefficient (Wildman–Crippen LogP) is 2.04. The van der Waals surface area contributed by atoms with Gasteiger partial charge in [0, 0.05) is 30.9 Å². The lowest BCUT2D eigenvalue weighted by Gasteiger charge is -2.39. The highest BCUT2D eigenvalue weighted by Crippen LogP contribution is 2.36. The van der Waals surface area contributed by atoms with E-state index in [1.54, 1.807) is 0 Å². The van der Waals surface area contributed by atoms with Crippen molar-refractivity contribution >= 4 is 11.9 Å². The number of fused-ring (bicyclic) bond motifs is 2. The maximum atomic E-state index is 12.7. The number of amides is 1. The first kappa shape index (κ1) is 18.7. The largest absolute Gasteiger partial charge is 0.480 e. The number of hydrogen-bond acceptors (Lipinski definition) is 6. The molecule has 7 heteroatoms. The van der Waals surface area contributed by atoms with Gasteiger partial charge in [-0.05, 0) is 37.7 Å². The minimum absolute atomic E-state index is 0.0955. The van der Waals surface area contributed by atoms with Gasteiger partial charge in [0.15, 0.2) is 0 Å². The van der Waals surface area contributed by atoms with Gasteiger partial charge >= 0.3 is 0 Å². The Morgan fingerprint density at radius 3 is 2.64 bits per heavy atom. The van der Waals surface area contributed by atoms with Crippen LogP contribution in [0.1, 0.15) is 41.6 Å². The molecule has 2 saturated heterocycles. The summed E-state index contributed by atoms with van der Waals surface area (Å²) in [6.45, 7) is 1.08. The van der Waals surface area contributed by atoms with Crippen molar-refractivity contribution in [2.24, 2.45) is 0 Å². The number of ether oxygens (including phenoxy) is 1. The molecular weight excluding hydrogens is 354 g/mol. The summed E-state index contributed by atoms with van der Waals surface area (Å²) in [6, 6.07) is 11.9. The van der Waals surface area contributed by atoms with Crippen molar-refractivity contribution in [3.63, 3.8) is 0 Å². The molecule has 7 nitrogen and oxygen atoms in total. The van der Waals surface area contributed by atoms with Crippen molar-refractivity contribution in [3.05, 3.63) is 47.7 Å². The quantitative estimate of drug-likeness (QED) is 0.795. The van der Waals surface area contributed by atoms with Gasteiger partial charge in [0.25, 0.3) is 5.91 Å². The second-order valence-corrected chi connectivity index (χ2v) is 7.65. The average Bonchev–Trinajstić information content (AvgIpc) is 2.95. The molecule has 28 heavy (non-hydrogen) atoms. The van der Waals surface area contributed by atoms with Crippen molar-refractivity contribution in [2.75, 3.05) is 19.4 Å². The molecule has 1 aromatic carbocycles. The van der Waals surface area contributed by atoms with E-state index in [1.807, 2.05) is 0 Å². The molecule has 148 valence electrons. The van der Waals surface area contributed by atoms with E-state index >= 15 is 0 Å². The zero-order valence-corrected chi connectivity index (χ0v) is 16.2. The van der Waals surface area contributed by atoms with Gasteiger partial charge in [0.1, 0.15) is 5.56 Å². The summed E-state index contributed by atoms with van der Waals surface area (Å²) in [5, 5.41) is 3.16. The molecule has 0 radical (unpaired) electrons. The summed E-state index contributed by atoms with van der Waals surface area (Å²) in [5.41, 5.74) is 7.29. The molecule has 3 N–H and O–H groups in total. The van der Waals surface area contributed by atoms with Gasteiger partial charge in [-0.3, -0.25) is 9.69 Å². The minimum Gasteiger partial charge on any atom is -0.480 e. The zero-order chi connectivity index (χ0) is 19.5. The number of carbonyl (C=O) groups excluding carboxylic acids is 1. The van der Waals surface area contributed by atoms with Crippen LogP contribution >= 0.6 is 0 Å². The van der Waals surface area contributed by atoms with Crippen LogP contribution in [0.5, 0.6) is 5.88 Å². The van der Waals surface area contributed by atoms with Crippen LogP contribution in [0.25, 0.3) is 0 Å². The normalized spacial score (nSPS) is 24.1. The molecule has 0 saturated carbocycles. The average molecular weight is 381 g/mol. The summed E-state index contributed by atoms with van der Waals surface area (Å²) >= 11 is 0. The summed E-state index contributed by atoms with van der Waals surface area (Å²) in [4.78, 5) is 23.3. The molecule has 1 unspecified atom stereocenters. The zero-order valence-electron chi connectivity index (χ0n) is 16.2. The lowest BCUT2D eigenvalue weighted by atomic mass is 9.96. The van der Waals surface area contributed by atoms with E-state index in [0.29, 0.717) is 17.6 Å². The van der Waals surface area contributed by atoms with Gasteiger partial charge < -0.3 is 15.8 Å². The fraction of sp³-hybridized carbons (Fsp3) is 0.476. The number of benzene rings is 1. The van der Waals surface area contributed by atoms with E-state index in [0.717, 1.165) is 25.8 Å². The van der Waals surface area contributed by atoms with Crippen LogP contribution in [-0.2, 0) is 6.42 Å². The Hall–Kier alpha value is -2.67. The summed E-state index contributed by atoms with van der Waals surface area (Å²) in [6.07, 6.45) is 6.88. The highest BCUT2D eigenvalue weighted by Gasteiger charge is 2.40. The van der Waals surface area contributed by atoms with E-state index in [4.69, 9.17) is 10.5 Å². The number of nitrogens with one attached hydrogen (secondary N) is 1. The Labute approximate surface area is 165 Å². The molecule has 2 aliphatic rings. The van der Waals surface area contributed by atoms with E-state index in [9.17, 15) is 4.79 Å². The van der Waals surface area contributed by atoms with Crippen molar-refractivity contribution < 1.29 is 9.53 Å². The van der Waals surface area contributed by atoms with Gasteiger partial charge in [-0.1, -0.05) is 30.3 Å². The van der Waals surface area contributed by atoms with Crippen LogP contribution in [0.2, 0.25) is 0 Å². The molecule has 2 aliphatic heterocycles. The van der Waals surface area contributed by atoms with Crippen molar-refractivity contribution in [3.8, 4) is 5.88 Å². The number of nitrogens with zero attached hydrogens (tertiary/aromatic N) is 3. The van der Waals surface area contributed by atoms with Crippen LogP contribution in [0.15, 0.2) is 36.5 Å². The van der Waals surface area contributed by atoms with E-state index in [1.165, 1.54) is 31.7 Å². The van der Waals surface area contributed by atoms with Gasteiger partial charge in [-0.2, -0.15) is 4.98 Å². The number of nitrogen functional groups attached to an aromatic ring is 1. The highest BCUT2D eigenvalue weighted by molar-refractivity contribution is 5.96. The number of anilines is 1. The molecule has 0 spiro atoms. The maximum absolute atomic E-state index is 12.7. The number of piperidine rings is 1. The molecule has 2 aromatic rings. The van der Waals surface area contributed by atoms with Crippen molar-refractivity contribution in [1.82, 2.24) is 20.2 Å². The number of methoxy groups -OCH3 is 1. The van der Waals surface area contributed by atoms with Crippen molar-refractivity contribution in [2.45, 2.75) is 50.2 Å². The number of hydrogen-bond donors (Lipinski definition) is 2. The van der Waals surface area contributed by atoms with Crippen LogP contribution in [0, 0.1) is 0 Å². The van der Waals surface area contributed by atoms with Crippen molar-refractivity contribution in [1.29, 1.82) is 0 Å². The van der Waals surface area contributed by atoms with E-state index in [2.05, 4.69) is 50.5 Å². The third-order valence-electron chi connectivity index (χ3n) is 5.93. The minimum atomic E-state index is -0.195. The molecule has 2 fully saturated rings. The SMILES string of the molecule is COc1nc(N)ncc1C(=O)NC1C[C@H]2CC[C@@H](C1)N2CCc1ccccc1. The number of nitrogens with two attached hydrogens (primary N) is 1. The van der Waals surface area contributed by atoms with Crippen LogP contribution in [-0.4, -0.2) is 52.6 Å². The highest BCUT2D eigenvalue weighted by atomic mass is 16.5. The maximum Gasteiger partial charge on any atom is 0.258 e. The lowest BCUT2D eigenvalue weighted by Crippen LogP contribution is -2.50. The molecule has 0 aliphatic carbocycles. The Morgan fingerprint density at radius 1 is 1.25 bits per heavy atom. The molecule has 1 aromatic heterocycles. The van der Waals surface area contributed by atoms with Gasteiger partial charge in [-0.25, -0.2) is 4.98 Å². The van der Waals surface area contributed by atoms with Crippen LogP contribution < -0.4 is 15.8 Å².